The van der Waals surface area contributed by atoms with Crippen molar-refractivity contribution in [2.45, 2.75) is 20.4 Å². The maximum Gasteiger partial charge on any atom is 0.313 e. The van der Waals surface area contributed by atoms with E-state index in [9.17, 15) is 14.0 Å². The zero-order valence-electron chi connectivity index (χ0n) is 12.4. The Morgan fingerprint density at radius 1 is 1.00 bits per heavy atom. The van der Waals surface area contributed by atoms with Crippen LogP contribution in [-0.4, -0.2) is 11.8 Å². The molecule has 0 bridgehead atoms. The fourth-order valence-electron chi connectivity index (χ4n) is 1.96. The fourth-order valence-corrected chi connectivity index (χ4v) is 1.96. The number of hydrogen-bond donors (Lipinski definition) is 2. The highest BCUT2D eigenvalue weighted by molar-refractivity contribution is 6.39. The lowest BCUT2D eigenvalue weighted by Crippen LogP contribution is -2.35. The molecule has 2 aromatic carbocycles. The van der Waals surface area contributed by atoms with Gasteiger partial charge in [-0.1, -0.05) is 30.3 Å². The van der Waals surface area contributed by atoms with Crippen LogP contribution in [0.2, 0.25) is 0 Å². The van der Waals surface area contributed by atoms with Crippen molar-refractivity contribution < 1.29 is 14.0 Å². The van der Waals surface area contributed by atoms with Crippen molar-refractivity contribution >= 4 is 17.5 Å². The minimum Gasteiger partial charge on any atom is -0.344 e. The fraction of sp³-hybridized carbons (Fsp3) is 0.176. The number of rotatable bonds is 3. The van der Waals surface area contributed by atoms with Crippen LogP contribution in [0.1, 0.15) is 16.7 Å². The Labute approximate surface area is 128 Å². The van der Waals surface area contributed by atoms with Crippen molar-refractivity contribution in [1.29, 1.82) is 0 Å². The van der Waals surface area contributed by atoms with Gasteiger partial charge in [-0.15, -0.1) is 0 Å². The lowest BCUT2D eigenvalue weighted by atomic mass is 10.1. The first-order valence-corrected chi connectivity index (χ1v) is 6.88. The molecule has 2 aromatic rings. The van der Waals surface area contributed by atoms with Gasteiger partial charge in [-0.25, -0.2) is 4.39 Å². The van der Waals surface area contributed by atoms with Crippen LogP contribution in [0.25, 0.3) is 0 Å². The smallest absolute Gasteiger partial charge is 0.313 e. The molecular weight excluding hydrogens is 283 g/mol. The number of halogens is 1. The van der Waals surface area contributed by atoms with Gasteiger partial charge >= 0.3 is 11.8 Å². The van der Waals surface area contributed by atoms with E-state index >= 15 is 0 Å². The second kappa shape index (κ2) is 6.85. The van der Waals surface area contributed by atoms with E-state index < -0.39 is 17.6 Å². The standard InChI is InChI=1S/C17H17FN2O2/c1-11-6-5-9-15(12(11)2)20-17(22)16(21)19-10-13-7-3-4-8-14(13)18/h3-9H,10H2,1-2H3,(H,19,21)(H,20,22). The molecule has 0 aromatic heterocycles. The van der Waals surface area contributed by atoms with E-state index in [1.54, 1.807) is 30.3 Å². The van der Waals surface area contributed by atoms with Gasteiger partial charge in [0, 0.05) is 17.8 Å². The van der Waals surface area contributed by atoms with Crippen LogP contribution in [0, 0.1) is 19.7 Å². The van der Waals surface area contributed by atoms with Crippen LogP contribution in [-0.2, 0) is 16.1 Å². The number of anilines is 1. The molecule has 2 amide bonds. The molecule has 0 aliphatic carbocycles. The zero-order chi connectivity index (χ0) is 16.1. The first kappa shape index (κ1) is 15.7. The average Bonchev–Trinajstić information content (AvgIpc) is 2.50. The van der Waals surface area contributed by atoms with Crippen molar-refractivity contribution in [2.75, 3.05) is 5.32 Å². The molecule has 0 spiro atoms. The Kier molecular flexibility index (Phi) is 4.88. The Hall–Kier alpha value is -2.69. The first-order valence-electron chi connectivity index (χ1n) is 6.88. The topological polar surface area (TPSA) is 58.2 Å². The summed E-state index contributed by atoms with van der Waals surface area (Å²) in [7, 11) is 0. The molecule has 0 heterocycles. The minimum atomic E-state index is -0.802. The third-order valence-corrected chi connectivity index (χ3v) is 3.46. The molecule has 0 saturated heterocycles. The van der Waals surface area contributed by atoms with Crippen molar-refractivity contribution in [3.05, 3.63) is 65.0 Å². The molecular formula is C17H17FN2O2. The SMILES string of the molecule is Cc1cccc(NC(=O)C(=O)NCc2ccccc2F)c1C. The predicted molar refractivity (Wildman–Crippen MR) is 82.8 cm³/mol. The molecule has 0 atom stereocenters. The molecule has 0 fully saturated rings. The number of benzene rings is 2. The first-order chi connectivity index (χ1) is 10.5. The minimum absolute atomic E-state index is 0.0360. The number of carbonyl (C=O) groups is 2. The molecule has 0 aliphatic heterocycles. The van der Waals surface area contributed by atoms with Crippen molar-refractivity contribution in [3.63, 3.8) is 0 Å². The highest BCUT2D eigenvalue weighted by Crippen LogP contribution is 2.17. The molecule has 114 valence electrons. The number of aryl methyl sites for hydroxylation is 1. The van der Waals surface area contributed by atoms with Gasteiger partial charge in [0.25, 0.3) is 0 Å². The Balaban J connectivity index is 1.97. The summed E-state index contributed by atoms with van der Waals surface area (Å²) in [6.07, 6.45) is 0. The van der Waals surface area contributed by atoms with Crippen molar-refractivity contribution in [2.24, 2.45) is 0 Å². The second-order valence-corrected chi connectivity index (χ2v) is 4.98. The Morgan fingerprint density at radius 2 is 1.73 bits per heavy atom. The lowest BCUT2D eigenvalue weighted by Gasteiger charge is -2.10. The number of hydrogen-bond acceptors (Lipinski definition) is 2. The number of nitrogens with one attached hydrogen (secondary N) is 2. The monoisotopic (exact) mass is 300 g/mol. The summed E-state index contributed by atoms with van der Waals surface area (Å²) in [4.78, 5) is 23.6. The number of amides is 2. The van der Waals surface area contributed by atoms with Gasteiger partial charge in [-0.05, 0) is 37.1 Å². The van der Waals surface area contributed by atoms with Gasteiger partial charge in [-0.2, -0.15) is 0 Å². The van der Waals surface area contributed by atoms with Crippen molar-refractivity contribution in [3.8, 4) is 0 Å². The number of carbonyl (C=O) groups excluding carboxylic acids is 2. The van der Waals surface area contributed by atoms with E-state index in [0.29, 0.717) is 11.3 Å². The van der Waals surface area contributed by atoms with Crippen LogP contribution < -0.4 is 10.6 Å². The Morgan fingerprint density at radius 3 is 2.45 bits per heavy atom. The van der Waals surface area contributed by atoms with Crippen LogP contribution in [0.5, 0.6) is 0 Å². The molecule has 0 saturated carbocycles. The average molecular weight is 300 g/mol. The molecule has 2 rings (SSSR count). The van der Waals surface area contributed by atoms with E-state index in [-0.39, 0.29) is 6.54 Å². The van der Waals surface area contributed by atoms with Gasteiger partial charge < -0.3 is 10.6 Å². The van der Waals surface area contributed by atoms with Crippen LogP contribution >= 0.6 is 0 Å². The molecule has 2 N–H and O–H groups in total. The maximum absolute atomic E-state index is 13.4. The third-order valence-electron chi connectivity index (χ3n) is 3.46. The summed E-state index contributed by atoms with van der Waals surface area (Å²) in [6, 6.07) is 11.5. The van der Waals surface area contributed by atoms with Crippen LogP contribution in [0.4, 0.5) is 10.1 Å². The zero-order valence-corrected chi connectivity index (χ0v) is 12.4. The Bertz CT molecular complexity index is 714. The van der Waals surface area contributed by atoms with Gasteiger partial charge in [0.05, 0.1) is 0 Å². The highest BCUT2D eigenvalue weighted by Gasteiger charge is 2.15. The molecule has 0 unspecified atom stereocenters. The third kappa shape index (κ3) is 3.69. The van der Waals surface area contributed by atoms with Gasteiger partial charge in [-0.3, -0.25) is 9.59 Å². The maximum atomic E-state index is 13.4. The molecule has 5 heteroatoms. The second-order valence-electron chi connectivity index (χ2n) is 4.98. The van der Waals surface area contributed by atoms with E-state index in [0.717, 1.165) is 11.1 Å². The predicted octanol–water partition coefficient (Wildman–Crippen LogP) is 2.70. The lowest BCUT2D eigenvalue weighted by molar-refractivity contribution is -0.136. The summed E-state index contributed by atoms with van der Waals surface area (Å²) < 4.78 is 13.4. The van der Waals surface area contributed by atoms with E-state index in [4.69, 9.17) is 0 Å². The summed E-state index contributed by atoms with van der Waals surface area (Å²) in [6.45, 7) is 3.75. The van der Waals surface area contributed by atoms with E-state index in [2.05, 4.69) is 10.6 Å². The molecule has 22 heavy (non-hydrogen) atoms. The van der Waals surface area contributed by atoms with Gasteiger partial charge in [0.1, 0.15) is 5.82 Å². The summed E-state index contributed by atoms with van der Waals surface area (Å²) in [5.41, 5.74) is 2.84. The van der Waals surface area contributed by atoms with E-state index in [1.807, 2.05) is 19.9 Å². The van der Waals surface area contributed by atoms with Gasteiger partial charge in [0.2, 0.25) is 0 Å². The normalized spacial score (nSPS) is 10.1. The molecule has 4 nitrogen and oxygen atoms in total. The van der Waals surface area contributed by atoms with E-state index in [1.165, 1.54) is 6.07 Å². The largest absolute Gasteiger partial charge is 0.344 e. The summed E-state index contributed by atoms with van der Waals surface area (Å²) in [5.74, 6) is -1.99. The molecule has 0 radical (unpaired) electrons. The highest BCUT2D eigenvalue weighted by atomic mass is 19.1. The van der Waals surface area contributed by atoms with Crippen LogP contribution in [0.3, 0.4) is 0 Å². The van der Waals surface area contributed by atoms with Crippen LogP contribution in [0.15, 0.2) is 42.5 Å². The summed E-state index contributed by atoms with van der Waals surface area (Å²) in [5, 5.41) is 4.96. The van der Waals surface area contributed by atoms with Crippen molar-refractivity contribution in [1.82, 2.24) is 5.32 Å². The van der Waals surface area contributed by atoms with Gasteiger partial charge in [0.15, 0.2) is 0 Å². The molecule has 0 aliphatic rings. The summed E-state index contributed by atoms with van der Waals surface area (Å²) >= 11 is 0. The quantitative estimate of drug-likeness (QED) is 0.856.